The van der Waals surface area contributed by atoms with E-state index in [0.717, 1.165) is 17.3 Å². The minimum absolute atomic E-state index is 0.622. The van der Waals surface area contributed by atoms with Gasteiger partial charge in [-0.15, -0.1) is 10.2 Å². The monoisotopic (exact) mass is 365 g/mol. The Balaban J connectivity index is 1.86. The average molecular weight is 366 g/mol. The number of nitrogens with zero attached hydrogens (tertiary/aromatic N) is 5. The molecule has 0 atom stereocenters. The van der Waals surface area contributed by atoms with Crippen molar-refractivity contribution in [2.45, 2.75) is 24.4 Å². The summed E-state index contributed by atoms with van der Waals surface area (Å²) in [4.78, 5) is 8.36. The first-order valence-electron chi connectivity index (χ1n) is 6.96. The van der Waals surface area contributed by atoms with Gasteiger partial charge in [-0.2, -0.15) is 0 Å². The lowest BCUT2D eigenvalue weighted by molar-refractivity contribution is 0.685. The normalized spacial score (nSPS) is 10.9. The van der Waals surface area contributed by atoms with Crippen LogP contribution in [0.3, 0.4) is 0 Å². The minimum Gasteiger partial charge on any atom is -0.301 e. The van der Waals surface area contributed by atoms with Crippen molar-refractivity contribution in [3.8, 4) is 11.5 Å². The van der Waals surface area contributed by atoms with E-state index in [1.807, 2.05) is 29.7 Å². The van der Waals surface area contributed by atoms with Crippen molar-refractivity contribution in [2.75, 3.05) is 0 Å². The topological polar surface area (TPSA) is 56.5 Å². The van der Waals surface area contributed by atoms with Crippen LogP contribution in [0.2, 0.25) is 10.0 Å². The maximum absolute atomic E-state index is 6.21. The van der Waals surface area contributed by atoms with Crippen molar-refractivity contribution in [3.63, 3.8) is 0 Å². The molecule has 2 heterocycles. The molecule has 0 saturated heterocycles. The van der Waals surface area contributed by atoms with E-state index in [9.17, 15) is 0 Å². The van der Waals surface area contributed by atoms with Crippen molar-refractivity contribution >= 4 is 35.0 Å². The molecule has 0 saturated carbocycles. The predicted molar refractivity (Wildman–Crippen MR) is 92.7 cm³/mol. The quantitative estimate of drug-likeness (QED) is 0.628. The molecule has 2 aromatic heterocycles. The number of rotatable bonds is 5. The van der Waals surface area contributed by atoms with Gasteiger partial charge in [-0.3, -0.25) is 4.98 Å². The first-order chi connectivity index (χ1) is 11.2. The molecule has 0 spiro atoms. The van der Waals surface area contributed by atoms with Crippen LogP contribution in [0.15, 0.2) is 41.9 Å². The van der Waals surface area contributed by atoms with Gasteiger partial charge in [0.1, 0.15) is 5.69 Å². The second kappa shape index (κ2) is 7.29. The molecule has 0 fully saturated rings. The Bertz CT molecular complexity index is 787. The van der Waals surface area contributed by atoms with Crippen LogP contribution in [0.5, 0.6) is 0 Å². The predicted octanol–water partition coefficient (Wildman–Crippen LogP) is 4.35. The van der Waals surface area contributed by atoms with Crippen LogP contribution in [0, 0.1) is 0 Å². The maximum Gasteiger partial charge on any atom is 0.191 e. The van der Waals surface area contributed by atoms with Crippen LogP contribution in [-0.4, -0.2) is 24.7 Å². The summed E-state index contributed by atoms with van der Waals surface area (Å²) in [6.07, 6.45) is 4.95. The molecule has 118 valence electrons. The van der Waals surface area contributed by atoms with Crippen LogP contribution in [0.4, 0.5) is 0 Å². The Morgan fingerprint density at radius 2 is 1.91 bits per heavy atom. The lowest BCUT2D eigenvalue weighted by atomic mass is 10.2. The van der Waals surface area contributed by atoms with Gasteiger partial charge >= 0.3 is 0 Å². The standard InChI is InChI=1S/C15H13Cl2N5S/c1-2-22-14(13-8-18-6-7-19-13)20-21-15(22)23-9-10-11(16)4-3-5-12(10)17/h3-8H,2,9H2,1H3. The van der Waals surface area contributed by atoms with Crippen LogP contribution in [0.1, 0.15) is 12.5 Å². The zero-order valence-corrected chi connectivity index (χ0v) is 14.6. The molecule has 3 rings (SSSR count). The molecule has 0 aliphatic carbocycles. The van der Waals surface area contributed by atoms with Crippen molar-refractivity contribution in [1.82, 2.24) is 24.7 Å². The molecule has 5 nitrogen and oxygen atoms in total. The largest absolute Gasteiger partial charge is 0.301 e. The Morgan fingerprint density at radius 1 is 1.13 bits per heavy atom. The van der Waals surface area contributed by atoms with Crippen molar-refractivity contribution in [1.29, 1.82) is 0 Å². The van der Waals surface area contributed by atoms with Crippen LogP contribution in [0.25, 0.3) is 11.5 Å². The fourth-order valence-electron chi connectivity index (χ4n) is 2.09. The second-order valence-corrected chi connectivity index (χ2v) is 6.39. The van der Waals surface area contributed by atoms with Gasteiger partial charge in [0.15, 0.2) is 11.0 Å². The number of halogens is 2. The molecule has 0 aliphatic heterocycles. The molecule has 23 heavy (non-hydrogen) atoms. The third kappa shape index (κ3) is 3.49. The van der Waals surface area contributed by atoms with Crippen molar-refractivity contribution < 1.29 is 0 Å². The van der Waals surface area contributed by atoms with Crippen LogP contribution >= 0.6 is 35.0 Å². The number of hydrogen-bond acceptors (Lipinski definition) is 5. The van der Waals surface area contributed by atoms with Gasteiger partial charge in [0, 0.05) is 34.7 Å². The second-order valence-electron chi connectivity index (χ2n) is 4.63. The third-order valence-electron chi connectivity index (χ3n) is 3.23. The van der Waals surface area contributed by atoms with Gasteiger partial charge in [-0.25, -0.2) is 4.98 Å². The Hall–Kier alpha value is -1.63. The summed E-state index contributed by atoms with van der Waals surface area (Å²) in [7, 11) is 0. The van der Waals surface area contributed by atoms with E-state index in [4.69, 9.17) is 23.2 Å². The molecular weight excluding hydrogens is 353 g/mol. The number of benzene rings is 1. The van der Waals surface area contributed by atoms with E-state index in [1.54, 1.807) is 30.4 Å². The first-order valence-corrected chi connectivity index (χ1v) is 8.70. The lowest BCUT2D eigenvalue weighted by Crippen LogP contribution is -2.01. The van der Waals surface area contributed by atoms with Crippen LogP contribution in [-0.2, 0) is 12.3 Å². The fraction of sp³-hybridized carbons (Fsp3) is 0.200. The fourth-order valence-corrected chi connectivity index (χ4v) is 3.84. The SMILES string of the molecule is CCn1c(SCc2c(Cl)cccc2Cl)nnc1-c1cnccn1. The molecule has 0 amide bonds. The third-order valence-corrected chi connectivity index (χ3v) is 4.93. The van der Waals surface area contributed by atoms with E-state index in [0.29, 0.717) is 27.3 Å². The molecule has 8 heteroatoms. The summed E-state index contributed by atoms with van der Waals surface area (Å²) in [6, 6.07) is 5.50. The number of hydrogen-bond donors (Lipinski definition) is 0. The van der Waals surface area contributed by atoms with E-state index in [2.05, 4.69) is 20.2 Å². The number of thioether (sulfide) groups is 1. The molecule has 0 N–H and O–H groups in total. The smallest absolute Gasteiger partial charge is 0.191 e. The lowest BCUT2D eigenvalue weighted by Gasteiger charge is -2.08. The average Bonchev–Trinajstić information content (AvgIpc) is 2.98. The molecule has 0 unspecified atom stereocenters. The van der Waals surface area contributed by atoms with Crippen LogP contribution < -0.4 is 0 Å². The summed E-state index contributed by atoms with van der Waals surface area (Å²) >= 11 is 14.0. The highest BCUT2D eigenvalue weighted by Crippen LogP contribution is 2.31. The van der Waals surface area contributed by atoms with E-state index in [1.165, 1.54) is 0 Å². The summed E-state index contributed by atoms with van der Waals surface area (Å²) < 4.78 is 2.00. The van der Waals surface area contributed by atoms with Crippen molar-refractivity contribution in [2.24, 2.45) is 0 Å². The van der Waals surface area contributed by atoms with Crippen molar-refractivity contribution in [3.05, 3.63) is 52.4 Å². The number of aromatic nitrogens is 5. The molecule has 3 aromatic rings. The summed E-state index contributed by atoms with van der Waals surface area (Å²) in [6.45, 7) is 2.77. The molecule has 1 aromatic carbocycles. The van der Waals surface area contributed by atoms with Gasteiger partial charge in [0.05, 0.1) is 6.20 Å². The van der Waals surface area contributed by atoms with Gasteiger partial charge in [0.25, 0.3) is 0 Å². The van der Waals surface area contributed by atoms with Gasteiger partial charge < -0.3 is 4.57 Å². The van der Waals surface area contributed by atoms with Gasteiger partial charge in [0.2, 0.25) is 0 Å². The Morgan fingerprint density at radius 3 is 2.57 bits per heavy atom. The molecule has 0 bridgehead atoms. The molecular formula is C15H13Cl2N5S. The Labute approximate surface area is 148 Å². The maximum atomic E-state index is 6.21. The van der Waals surface area contributed by atoms with E-state index < -0.39 is 0 Å². The summed E-state index contributed by atoms with van der Waals surface area (Å²) in [5.41, 5.74) is 1.59. The van der Waals surface area contributed by atoms with E-state index >= 15 is 0 Å². The molecule has 0 radical (unpaired) electrons. The highest BCUT2D eigenvalue weighted by molar-refractivity contribution is 7.98. The highest BCUT2D eigenvalue weighted by atomic mass is 35.5. The minimum atomic E-state index is 0.622. The van der Waals surface area contributed by atoms with E-state index in [-0.39, 0.29) is 0 Å². The zero-order chi connectivity index (χ0) is 16.2. The van der Waals surface area contributed by atoms with Gasteiger partial charge in [-0.1, -0.05) is 41.0 Å². The highest BCUT2D eigenvalue weighted by Gasteiger charge is 2.15. The summed E-state index contributed by atoms with van der Waals surface area (Å²) in [5, 5.41) is 10.6. The Kier molecular flexibility index (Phi) is 5.15. The zero-order valence-electron chi connectivity index (χ0n) is 12.3. The van der Waals surface area contributed by atoms with Gasteiger partial charge in [-0.05, 0) is 24.6 Å². The molecule has 0 aliphatic rings. The summed E-state index contributed by atoms with van der Waals surface area (Å²) in [5.74, 6) is 1.32. The first kappa shape index (κ1) is 16.2.